The number of hydrogen-bond acceptors (Lipinski definition) is 4. The Balaban J connectivity index is 2.10. The zero-order valence-electron chi connectivity index (χ0n) is 12.4. The molecule has 1 aromatic carbocycles. The zero-order valence-corrected chi connectivity index (χ0v) is 14.0. The Morgan fingerprint density at radius 3 is 2.41 bits per heavy atom. The average Bonchev–Trinajstić information content (AvgIpc) is 2.97. The normalized spacial score (nSPS) is 12.9. The number of rotatable bonds is 5. The number of sulfonamides is 1. The fourth-order valence-corrected chi connectivity index (χ4v) is 3.27. The van der Waals surface area contributed by atoms with Crippen LogP contribution in [0.15, 0.2) is 46.0 Å². The van der Waals surface area contributed by atoms with Crippen LogP contribution in [0.4, 0.5) is 0 Å². The van der Waals surface area contributed by atoms with Crippen molar-refractivity contribution in [2.24, 2.45) is 5.14 Å². The number of nitrogens with two attached hydrogens (primary N) is 1. The Morgan fingerprint density at radius 1 is 1.27 bits per heavy atom. The van der Waals surface area contributed by atoms with Gasteiger partial charge in [0.1, 0.15) is 0 Å². The number of amides is 1. The molecule has 0 saturated heterocycles. The van der Waals surface area contributed by atoms with Gasteiger partial charge in [-0.2, -0.15) is 11.3 Å². The lowest BCUT2D eigenvalue weighted by Crippen LogP contribution is -2.36. The molecule has 0 aliphatic heterocycles. The van der Waals surface area contributed by atoms with Crippen LogP contribution in [0.25, 0.3) is 0 Å². The summed E-state index contributed by atoms with van der Waals surface area (Å²) in [7, 11) is -2.00. The Hall–Kier alpha value is -1.70. The van der Waals surface area contributed by atoms with Gasteiger partial charge in [0, 0.05) is 18.7 Å². The number of hydrogen-bond donors (Lipinski definition) is 1. The molecule has 1 heterocycles. The minimum absolute atomic E-state index is 0.00183. The maximum absolute atomic E-state index is 12.4. The molecule has 0 saturated carbocycles. The Labute approximate surface area is 134 Å². The lowest BCUT2D eigenvalue weighted by atomic mass is 10.1. The van der Waals surface area contributed by atoms with Gasteiger partial charge in [-0.25, -0.2) is 13.6 Å². The fraction of sp³-hybridized carbons (Fsp3) is 0.267. The SMILES string of the molecule is C[C@H](Cc1ccsc1)N(C)C(=O)c1ccc(S(N)(=O)=O)cc1. The zero-order chi connectivity index (χ0) is 16.3. The van der Waals surface area contributed by atoms with Crippen LogP contribution in [0.2, 0.25) is 0 Å². The van der Waals surface area contributed by atoms with Gasteiger partial charge in [0.2, 0.25) is 10.0 Å². The lowest BCUT2D eigenvalue weighted by molar-refractivity contribution is 0.0743. The van der Waals surface area contributed by atoms with Gasteiger partial charge >= 0.3 is 0 Å². The molecule has 2 rings (SSSR count). The largest absolute Gasteiger partial charge is 0.339 e. The molecule has 0 bridgehead atoms. The number of thiophene rings is 1. The van der Waals surface area contributed by atoms with Crippen molar-refractivity contribution in [3.8, 4) is 0 Å². The molecule has 0 radical (unpaired) electrons. The van der Waals surface area contributed by atoms with Crippen molar-refractivity contribution in [2.75, 3.05) is 7.05 Å². The Bertz CT molecular complexity index is 738. The van der Waals surface area contributed by atoms with E-state index in [1.54, 1.807) is 23.3 Å². The quantitative estimate of drug-likeness (QED) is 0.906. The van der Waals surface area contributed by atoms with Gasteiger partial charge < -0.3 is 4.90 Å². The minimum atomic E-state index is -3.74. The van der Waals surface area contributed by atoms with Gasteiger partial charge in [-0.3, -0.25) is 4.79 Å². The molecule has 0 aliphatic carbocycles. The van der Waals surface area contributed by atoms with E-state index in [1.807, 2.05) is 18.4 Å². The van der Waals surface area contributed by atoms with Gasteiger partial charge in [-0.05, 0) is 60.0 Å². The molecule has 5 nitrogen and oxygen atoms in total. The van der Waals surface area contributed by atoms with E-state index in [1.165, 1.54) is 29.8 Å². The number of carbonyl (C=O) groups excluding carboxylic acids is 1. The van der Waals surface area contributed by atoms with Gasteiger partial charge in [0.05, 0.1) is 4.90 Å². The van der Waals surface area contributed by atoms with Crippen LogP contribution < -0.4 is 5.14 Å². The number of carbonyl (C=O) groups is 1. The van der Waals surface area contributed by atoms with Crippen LogP contribution in [0.3, 0.4) is 0 Å². The monoisotopic (exact) mass is 338 g/mol. The molecule has 22 heavy (non-hydrogen) atoms. The highest BCUT2D eigenvalue weighted by molar-refractivity contribution is 7.89. The maximum atomic E-state index is 12.4. The van der Waals surface area contributed by atoms with Crippen molar-refractivity contribution >= 4 is 27.3 Å². The first kappa shape index (κ1) is 16.7. The van der Waals surface area contributed by atoms with E-state index in [0.29, 0.717) is 5.56 Å². The summed E-state index contributed by atoms with van der Waals surface area (Å²) in [6.45, 7) is 1.98. The number of nitrogens with zero attached hydrogens (tertiary/aromatic N) is 1. The molecule has 118 valence electrons. The summed E-state index contributed by atoms with van der Waals surface area (Å²) in [5.41, 5.74) is 1.63. The highest BCUT2D eigenvalue weighted by atomic mass is 32.2. The predicted molar refractivity (Wildman–Crippen MR) is 87.4 cm³/mol. The number of benzene rings is 1. The van der Waals surface area contributed by atoms with Crippen LogP contribution in [-0.2, 0) is 16.4 Å². The molecule has 0 fully saturated rings. The second kappa shape index (κ2) is 6.60. The summed E-state index contributed by atoms with van der Waals surface area (Å²) in [5.74, 6) is -0.149. The first-order valence-electron chi connectivity index (χ1n) is 6.70. The highest BCUT2D eigenvalue weighted by Gasteiger charge is 2.18. The number of primary sulfonamides is 1. The third kappa shape index (κ3) is 3.94. The van der Waals surface area contributed by atoms with E-state index in [0.717, 1.165) is 6.42 Å². The van der Waals surface area contributed by atoms with E-state index in [9.17, 15) is 13.2 Å². The van der Waals surface area contributed by atoms with E-state index in [4.69, 9.17) is 5.14 Å². The fourth-order valence-electron chi connectivity index (χ4n) is 2.08. The Kier molecular flexibility index (Phi) is 5.00. The molecule has 0 unspecified atom stereocenters. The van der Waals surface area contributed by atoms with Crippen molar-refractivity contribution in [2.45, 2.75) is 24.3 Å². The molecule has 2 aromatic rings. The van der Waals surface area contributed by atoms with Crippen LogP contribution in [-0.4, -0.2) is 32.3 Å². The standard InChI is InChI=1S/C15H18N2O3S2/c1-11(9-12-7-8-21-10-12)17(2)15(18)13-3-5-14(6-4-13)22(16,19)20/h3-8,10-11H,9H2,1-2H3,(H2,16,19,20)/t11-/m1/s1. The molecular weight excluding hydrogens is 320 g/mol. The van der Waals surface area contributed by atoms with E-state index in [-0.39, 0.29) is 16.8 Å². The minimum Gasteiger partial charge on any atom is -0.339 e. The molecule has 0 aliphatic rings. The van der Waals surface area contributed by atoms with Gasteiger partial charge in [0.25, 0.3) is 5.91 Å². The van der Waals surface area contributed by atoms with E-state index >= 15 is 0 Å². The lowest BCUT2D eigenvalue weighted by Gasteiger charge is -2.25. The third-order valence-corrected chi connectivity index (χ3v) is 5.18. The smallest absolute Gasteiger partial charge is 0.253 e. The van der Waals surface area contributed by atoms with Crippen LogP contribution >= 0.6 is 11.3 Å². The van der Waals surface area contributed by atoms with Gasteiger partial charge in [-0.15, -0.1) is 0 Å². The topological polar surface area (TPSA) is 80.5 Å². The van der Waals surface area contributed by atoms with E-state index in [2.05, 4.69) is 5.38 Å². The van der Waals surface area contributed by atoms with Crippen LogP contribution in [0, 0.1) is 0 Å². The van der Waals surface area contributed by atoms with Crippen molar-refractivity contribution in [1.29, 1.82) is 0 Å². The molecule has 1 atom stereocenters. The van der Waals surface area contributed by atoms with Crippen molar-refractivity contribution in [3.05, 3.63) is 52.2 Å². The molecular formula is C15H18N2O3S2. The first-order valence-corrected chi connectivity index (χ1v) is 9.19. The molecule has 1 aromatic heterocycles. The molecule has 7 heteroatoms. The highest BCUT2D eigenvalue weighted by Crippen LogP contribution is 2.15. The summed E-state index contributed by atoms with van der Waals surface area (Å²) in [6.07, 6.45) is 0.779. The van der Waals surface area contributed by atoms with Crippen molar-refractivity contribution < 1.29 is 13.2 Å². The third-order valence-electron chi connectivity index (χ3n) is 3.52. The number of likely N-dealkylation sites (N-methyl/N-ethyl adjacent to an activating group) is 1. The molecule has 1 amide bonds. The predicted octanol–water partition coefficient (Wildman–Crippen LogP) is 2.10. The molecule has 0 spiro atoms. The van der Waals surface area contributed by atoms with Gasteiger partial charge in [-0.1, -0.05) is 0 Å². The van der Waals surface area contributed by atoms with E-state index < -0.39 is 10.0 Å². The second-order valence-electron chi connectivity index (χ2n) is 5.17. The summed E-state index contributed by atoms with van der Waals surface area (Å²) < 4.78 is 22.4. The van der Waals surface area contributed by atoms with Crippen molar-refractivity contribution in [3.63, 3.8) is 0 Å². The Morgan fingerprint density at radius 2 is 1.91 bits per heavy atom. The molecule has 2 N–H and O–H groups in total. The summed E-state index contributed by atoms with van der Waals surface area (Å²) in [5, 5.41) is 9.12. The van der Waals surface area contributed by atoms with Gasteiger partial charge in [0.15, 0.2) is 0 Å². The maximum Gasteiger partial charge on any atom is 0.253 e. The second-order valence-corrected chi connectivity index (χ2v) is 7.51. The summed E-state index contributed by atoms with van der Waals surface area (Å²) in [6, 6.07) is 7.74. The van der Waals surface area contributed by atoms with Crippen LogP contribution in [0.1, 0.15) is 22.8 Å². The van der Waals surface area contributed by atoms with Crippen LogP contribution in [0.5, 0.6) is 0 Å². The average molecular weight is 338 g/mol. The summed E-state index contributed by atoms with van der Waals surface area (Å²) in [4.78, 5) is 14.1. The summed E-state index contributed by atoms with van der Waals surface area (Å²) >= 11 is 1.63. The van der Waals surface area contributed by atoms with Crippen molar-refractivity contribution in [1.82, 2.24) is 4.90 Å². The first-order chi connectivity index (χ1) is 10.3.